The maximum atomic E-state index is 13.3. The lowest BCUT2D eigenvalue weighted by molar-refractivity contribution is 0.0783. The van der Waals surface area contributed by atoms with Gasteiger partial charge in [0.2, 0.25) is 0 Å². The SMILES string of the molecule is O=C(c1ccc(F)c(F)c1)C1CCCN1C1CCNCC1. The van der Waals surface area contributed by atoms with Gasteiger partial charge in [0.05, 0.1) is 6.04 Å². The van der Waals surface area contributed by atoms with E-state index >= 15 is 0 Å². The van der Waals surface area contributed by atoms with Crippen molar-refractivity contribution in [1.29, 1.82) is 0 Å². The van der Waals surface area contributed by atoms with Crippen LogP contribution >= 0.6 is 0 Å². The van der Waals surface area contributed by atoms with Crippen LogP contribution in [0.25, 0.3) is 0 Å². The smallest absolute Gasteiger partial charge is 0.180 e. The molecule has 2 aliphatic rings. The van der Waals surface area contributed by atoms with Crippen LogP contribution in [0.2, 0.25) is 0 Å². The number of hydrogen-bond donors (Lipinski definition) is 1. The van der Waals surface area contributed by atoms with Crippen LogP contribution in [0.15, 0.2) is 18.2 Å². The van der Waals surface area contributed by atoms with E-state index in [0.29, 0.717) is 6.04 Å². The summed E-state index contributed by atoms with van der Waals surface area (Å²) in [6.07, 6.45) is 3.88. The molecule has 1 aromatic rings. The molecule has 0 saturated carbocycles. The minimum Gasteiger partial charge on any atom is -0.317 e. The van der Waals surface area contributed by atoms with E-state index in [1.165, 1.54) is 6.07 Å². The van der Waals surface area contributed by atoms with Crippen molar-refractivity contribution in [3.05, 3.63) is 35.4 Å². The molecule has 0 aliphatic carbocycles. The molecular formula is C16H20F2N2O. The Morgan fingerprint density at radius 3 is 2.62 bits per heavy atom. The normalized spacial score (nSPS) is 24.4. The number of carbonyl (C=O) groups excluding carboxylic acids is 1. The van der Waals surface area contributed by atoms with Crippen molar-refractivity contribution in [2.24, 2.45) is 0 Å². The number of benzene rings is 1. The van der Waals surface area contributed by atoms with Gasteiger partial charge in [-0.05, 0) is 63.5 Å². The number of hydrogen-bond acceptors (Lipinski definition) is 3. The molecule has 2 aliphatic heterocycles. The number of piperidine rings is 1. The summed E-state index contributed by atoms with van der Waals surface area (Å²) in [6, 6.07) is 3.69. The van der Waals surface area contributed by atoms with Gasteiger partial charge in [-0.2, -0.15) is 0 Å². The molecule has 0 bridgehead atoms. The molecule has 2 fully saturated rings. The minimum atomic E-state index is -0.952. The molecule has 0 amide bonds. The second-order valence-corrected chi connectivity index (χ2v) is 5.87. The molecule has 0 aromatic heterocycles. The van der Waals surface area contributed by atoms with Crippen molar-refractivity contribution < 1.29 is 13.6 Å². The summed E-state index contributed by atoms with van der Waals surface area (Å²) >= 11 is 0. The summed E-state index contributed by atoms with van der Waals surface area (Å²) in [5.74, 6) is -1.94. The number of nitrogens with zero attached hydrogens (tertiary/aromatic N) is 1. The van der Waals surface area contributed by atoms with Crippen LogP contribution in [-0.2, 0) is 0 Å². The predicted octanol–water partition coefficient (Wildman–Crippen LogP) is 2.36. The van der Waals surface area contributed by atoms with E-state index in [2.05, 4.69) is 10.2 Å². The van der Waals surface area contributed by atoms with Gasteiger partial charge in [-0.15, -0.1) is 0 Å². The van der Waals surface area contributed by atoms with Gasteiger partial charge in [0.25, 0.3) is 0 Å². The van der Waals surface area contributed by atoms with E-state index in [4.69, 9.17) is 0 Å². The first-order chi connectivity index (χ1) is 10.2. The highest BCUT2D eigenvalue weighted by atomic mass is 19.2. The molecule has 1 N–H and O–H groups in total. The summed E-state index contributed by atoms with van der Waals surface area (Å²) < 4.78 is 26.3. The molecule has 1 atom stereocenters. The summed E-state index contributed by atoms with van der Waals surface area (Å²) in [5, 5.41) is 3.32. The Hall–Kier alpha value is -1.33. The summed E-state index contributed by atoms with van der Waals surface area (Å²) in [4.78, 5) is 14.9. The van der Waals surface area contributed by atoms with Gasteiger partial charge in [0, 0.05) is 11.6 Å². The second kappa shape index (κ2) is 6.20. The van der Waals surface area contributed by atoms with Gasteiger partial charge in [-0.3, -0.25) is 9.69 Å². The molecule has 3 nitrogen and oxygen atoms in total. The molecule has 0 radical (unpaired) electrons. The van der Waals surface area contributed by atoms with Crippen LogP contribution in [0.5, 0.6) is 0 Å². The highest BCUT2D eigenvalue weighted by Gasteiger charge is 2.36. The number of ketones is 1. The van der Waals surface area contributed by atoms with Crippen LogP contribution in [-0.4, -0.2) is 42.4 Å². The Labute approximate surface area is 123 Å². The van der Waals surface area contributed by atoms with Gasteiger partial charge >= 0.3 is 0 Å². The number of halogens is 2. The quantitative estimate of drug-likeness (QED) is 0.869. The zero-order valence-corrected chi connectivity index (χ0v) is 11.9. The van der Waals surface area contributed by atoms with Crippen molar-refractivity contribution in [2.45, 2.75) is 37.8 Å². The number of Topliss-reactive ketones (excluding diaryl/α,β-unsaturated/α-hetero) is 1. The van der Waals surface area contributed by atoms with E-state index in [9.17, 15) is 13.6 Å². The fraction of sp³-hybridized carbons (Fsp3) is 0.562. The molecule has 21 heavy (non-hydrogen) atoms. The Kier molecular flexibility index (Phi) is 4.31. The molecule has 1 aromatic carbocycles. The van der Waals surface area contributed by atoms with E-state index in [1.807, 2.05) is 0 Å². The van der Waals surface area contributed by atoms with Crippen LogP contribution in [0.1, 0.15) is 36.0 Å². The standard InChI is InChI=1S/C16H20F2N2O/c17-13-4-3-11(10-14(13)18)16(21)15-2-1-9-20(15)12-5-7-19-8-6-12/h3-4,10,12,15,19H,1-2,5-9H2. The Morgan fingerprint density at radius 2 is 1.90 bits per heavy atom. The van der Waals surface area contributed by atoms with E-state index in [-0.39, 0.29) is 17.4 Å². The third-order valence-electron chi connectivity index (χ3n) is 4.58. The zero-order chi connectivity index (χ0) is 14.8. The lowest BCUT2D eigenvalue weighted by Gasteiger charge is -2.35. The number of likely N-dealkylation sites (tertiary alicyclic amines) is 1. The first-order valence-electron chi connectivity index (χ1n) is 7.62. The highest BCUT2D eigenvalue weighted by Crippen LogP contribution is 2.27. The van der Waals surface area contributed by atoms with Crippen molar-refractivity contribution in [1.82, 2.24) is 10.2 Å². The molecule has 1 unspecified atom stereocenters. The third-order valence-corrected chi connectivity index (χ3v) is 4.58. The molecule has 0 spiro atoms. The molecule has 2 saturated heterocycles. The lowest BCUT2D eigenvalue weighted by atomic mass is 9.98. The molecular weight excluding hydrogens is 274 g/mol. The van der Waals surface area contributed by atoms with E-state index in [1.54, 1.807) is 0 Å². The molecule has 114 valence electrons. The highest BCUT2D eigenvalue weighted by molar-refractivity contribution is 6.00. The van der Waals surface area contributed by atoms with Crippen LogP contribution in [0.4, 0.5) is 8.78 Å². The van der Waals surface area contributed by atoms with Gasteiger partial charge in [0.1, 0.15) is 0 Å². The number of rotatable bonds is 3. The van der Waals surface area contributed by atoms with Crippen molar-refractivity contribution >= 4 is 5.78 Å². The van der Waals surface area contributed by atoms with Crippen LogP contribution in [0, 0.1) is 11.6 Å². The molecule has 2 heterocycles. The van der Waals surface area contributed by atoms with Crippen LogP contribution in [0.3, 0.4) is 0 Å². The van der Waals surface area contributed by atoms with Crippen molar-refractivity contribution in [2.75, 3.05) is 19.6 Å². The Morgan fingerprint density at radius 1 is 1.14 bits per heavy atom. The first-order valence-corrected chi connectivity index (χ1v) is 7.62. The zero-order valence-electron chi connectivity index (χ0n) is 11.9. The van der Waals surface area contributed by atoms with E-state index in [0.717, 1.165) is 57.5 Å². The fourth-order valence-electron chi connectivity index (χ4n) is 3.49. The predicted molar refractivity (Wildman–Crippen MR) is 76.3 cm³/mol. The fourth-order valence-corrected chi connectivity index (χ4v) is 3.49. The maximum absolute atomic E-state index is 13.3. The third kappa shape index (κ3) is 2.99. The summed E-state index contributed by atoms with van der Waals surface area (Å²) in [6.45, 7) is 2.88. The lowest BCUT2D eigenvalue weighted by Crippen LogP contribution is -2.47. The summed E-state index contributed by atoms with van der Waals surface area (Å²) in [5.41, 5.74) is 0.278. The Balaban J connectivity index is 1.77. The van der Waals surface area contributed by atoms with Gasteiger partial charge in [0.15, 0.2) is 17.4 Å². The molecule has 5 heteroatoms. The van der Waals surface area contributed by atoms with Crippen molar-refractivity contribution in [3.8, 4) is 0 Å². The Bertz CT molecular complexity index is 529. The largest absolute Gasteiger partial charge is 0.317 e. The molecule has 3 rings (SSSR count). The van der Waals surface area contributed by atoms with Gasteiger partial charge < -0.3 is 5.32 Å². The van der Waals surface area contributed by atoms with Crippen molar-refractivity contribution in [3.63, 3.8) is 0 Å². The summed E-state index contributed by atoms with van der Waals surface area (Å²) in [7, 11) is 0. The number of carbonyl (C=O) groups is 1. The van der Waals surface area contributed by atoms with Gasteiger partial charge in [-0.25, -0.2) is 8.78 Å². The van der Waals surface area contributed by atoms with E-state index < -0.39 is 11.6 Å². The topological polar surface area (TPSA) is 32.3 Å². The number of nitrogens with one attached hydrogen (secondary N) is 1. The maximum Gasteiger partial charge on any atom is 0.180 e. The first kappa shape index (κ1) is 14.6. The van der Waals surface area contributed by atoms with Gasteiger partial charge in [-0.1, -0.05) is 0 Å². The second-order valence-electron chi connectivity index (χ2n) is 5.87. The van der Waals surface area contributed by atoms with Crippen LogP contribution < -0.4 is 5.32 Å². The minimum absolute atomic E-state index is 0.0788. The monoisotopic (exact) mass is 294 g/mol. The average Bonchev–Trinajstić information content (AvgIpc) is 2.99. The average molecular weight is 294 g/mol.